The molecule has 0 N–H and O–H groups in total. The molecule has 13 aromatic rings. The first-order chi connectivity index (χ1) is 33.7. The van der Waals surface area contributed by atoms with E-state index < -0.39 is 0 Å². The highest BCUT2D eigenvalue weighted by molar-refractivity contribution is 6.15. The third-order valence-electron chi connectivity index (χ3n) is 13.3. The molecule has 0 saturated heterocycles. The highest BCUT2D eigenvalue weighted by atomic mass is 15.2. The molecule has 10 aromatic carbocycles. The van der Waals surface area contributed by atoms with Crippen LogP contribution in [0.15, 0.2) is 237 Å². The minimum Gasteiger partial charge on any atom is -0.278 e. The summed E-state index contributed by atoms with van der Waals surface area (Å²) in [5.74, 6) is 1.35. The number of fused-ring (bicyclic) bond motifs is 7. The molecule has 3 aromatic heterocycles. The van der Waals surface area contributed by atoms with Crippen molar-refractivity contribution >= 4 is 54.4 Å². The fraction of sp³-hybridized carbons (Fsp3) is 0.0159. The van der Waals surface area contributed by atoms with Gasteiger partial charge in [0.15, 0.2) is 5.82 Å². The number of aromatic nitrogens is 5. The van der Waals surface area contributed by atoms with Crippen LogP contribution in [0.25, 0.3) is 116 Å². The van der Waals surface area contributed by atoms with Crippen molar-refractivity contribution in [3.63, 3.8) is 0 Å². The zero-order chi connectivity index (χ0) is 45.0. The predicted octanol–water partition coefficient (Wildman–Crippen LogP) is 15.7. The first-order valence-electron chi connectivity index (χ1n) is 23.1. The van der Waals surface area contributed by atoms with Gasteiger partial charge in [0, 0.05) is 38.2 Å². The van der Waals surface area contributed by atoms with Crippen LogP contribution in [0, 0.1) is 0 Å². The van der Waals surface area contributed by atoms with E-state index in [0.717, 1.165) is 94.6 Å². The number of nitrogens with zero attached hydrogens (tertiary/aromatic N) is 5. The average Bonchev–Trinajstić information content (AvgIpc) is 3.75. The Bertz CT molecular complexity index is 4020. The molecule has 0 aliphatic carbocycles. The van der Waals surface area contributed by atoms with Crippen LogP contribution in [0.5, 0.6) is 0 Å². The second-order valence-corrected chi connectivity index (χ2v) is 17.4. The van der Waals surface area contributed by atoms with Crippen LogP contribution in [0.1, 0.15) is 11.1 Å². The number of rotatable bonds is 8. The Balaban J connectivity index is 0.996. The quantitative estimate of drug-likeness (QED) is 0.143. The monoisotopic (exact) mass is 867 g/mol. The Kier molecular flexibility index (Phi) is 9.50. The first-order valence-corrected chi connectivity index (χ1v) is 23.1. The average molecular weight is 868 g/mol. The Morgan fingerprint density at radius 2 is 0.853 bits per heavy atom. The number of para-hydroxylation sites is 2. The van der Waals surface area contributed by atoms with Crippen LogP contribution in [-0.2, 0) is 6.42 Å². The fourth-order valence-corrected chi connectivity index (χ4v) is 9.99. The lowest BCUT2D eigenvalue weighted by atomic mass is 9.91. The molecule has 0 bridgehead atoms. The van der Waals surface area contributed by atoms with Gasteiger partial charge in [0.05, 0.1) is 33.5 Å². The van der Waals surface area contributed by atoms with Gasteiger partial charge in [0.1, 0.15) is 0 Å². The topological polar surface area (TPSA) is 56.5 Å². The van der Waals surface area contributed by atoms with Crippen molar-refractivity contribution in [3.8, 4) is 62.1 Å². The van der Waals surface area contributed by atoms with E-state index in [9.17, 15) is 0 Å². The van der Waals surface area contributed by atoms with Crippen LogP contribution in [-0.4, -0.2) is 24.5 Å². The Morgan fingerprint density at radius 3 is 1.60 bits per heavy atom. The van der Waals surface area contributed by atoms with Crippen LogP contribution >= 0.6 is 0 Å². The maximum atomic E-state index is 5.40. The van der Waals surface area contributed by atoms with Gasteiger partial charge in [-0.3, -0.25) is 4.57 Å². The van der Waals surface area contributed by atoms with Gasteiger partial charge >= 0.3 is 0 Å². The second-order valence-electron chi connectivity index (χ2n) is 17.4. The zero-order valence-electron chi connectivity index (χ0n) is 37.0. The minimum atomic E-state index is 0.635. The molecular formula is C63H41N5. The van der Waals surface area contributed by atoms with Crippen molar-refractivity contribution in [2.75, 3.05) is 0 Å². The fourth-order valence-electron chi connectivity index (χ4n) is 9.99. The van der Waals surface area contributed by atoms with Gasteiger partial charge in [0.2, 0.25) is 5.95 Å². The minimum absolute atomic E-state index is 0.635. The molecule has 318 valence electrons. The van der Waals surface area contributed by atoms with Crippen molar-refractivity contribution in [1.82, 2.24) is 24.5 Å². The molecule has 0 amide bonds. The number of hydrogen-bond donors (Lipinski definition) is 0. The summed E-state index contributed by atoms with van der Waals surface area (Å²) in [5.41, 5.74) is 15.9. The zero-order valence-corrected chi connectivity index (χ0v) is 37.0. The molecule has 68 heavy (non-hydrogen) atoms. The summed E-state index contributed by atoms with van der Waals surface area (Å²) in [7, 11) is 0. The molecule has 0 aliphatic heterocycles. The molecule has 13 rings (SSSR count). The summed E-state index contributed by atoms with van der Waals surface area (Å²) in [5, 5.41) is 6.64. The molecule has 0 radical (unpaired) electrons. The lowest BCUT2D eigenvalue weighted by Gasteiger charge is -2.16. The predicted molar refractivity (Wildman–Crippen MR) is 281 cm³/mol. The number of benzene rings is 10. The summed E-state index contributed by atoms with van der Waals surface area (Å²) in [6.45, 7) is 0. The first kappa shape index (κ1) is 39.3. The lowest BCUT2D eigenvalue weighted by Crippen LogP contribution is -2.03. The van der Waals surface area contributed by atoms with Gasteiger partial charge in [-0.25, -0.2) is 19.9 Å². The number of hydrogen-bond acceptors (Lipinski definition) is 4. The van der Waals surface area contributed by atoms with E-state index in [1.54, 1.807) is 0 Å². The highest BCUT2D eigenvalue weighted by Gasteiger charge is 2.21. The van der Waals surface area contributed by atoms with Crippen LogP contribution in [0.3, 0.4) is 0 Å². The van der Waals surface area contributed by atoms with Crippen LogP contribution < -0.4 is 0 Å². The Hall–Kier alpha value is -9.06. The van der Waals surface area contributed by atoms with Gasteiger partial charge in [-0.2, -0.15) is 0 Å². The Morgan fingerprint density at radius 1 is 0.309 bits per heavy atom. The second kappa shape index (κ2) is 16.4. The summed E-state index contributed by atoms with van der Waals surface area (Å²) in [6.07, 6.45) is 0.779. The van der Waals surface area contributed by atoms with E-state index in [1.807, 2.05) is 30.3 Å². The van der Waals surface area contributed by atoms with E-state index >= 15 is 0 Å². The molecule has 5 heteroatoms. The van der Waals surface area contributed by atoms with Gasteiger partial charge in [0.25, 0.3) is 0 Å². The SMILES string of the molecule is c1ccc(Cc2cc3nc(-c4ccccc4)nc(-c4ccccc4)c3c3cc(-c4ccc5c(c4)c4ccccc4n5-c4nc(-c5ccc(-c6ccccc6)cc5)c5ccccc5n4)ccc23)cc1. The van der Waals surface area contributed by atoms with E-state index in [-0.39, 0.29) is 0 Å². The molecule has 3 heterocycles. The van der Waals surface area contributed by atoms with Crippen molar-refractivity contribution in [2.24, 2.45) is 0 Å². The summed E-state index contributed by atoms with van der Waals surface area (Å²) in [4.78, 5) is 21.3. The van der Waals surface area contributed by atoms with Gasteiger partial charge < -0.3 is 0 Å². The molecule has 0 aliphatic rings. The van der Waals surface area contributed by atoms with Gasteiger partial charge in [-0.05, 0) is 87.0 Å². The standard InChI is InChI=1S/C63H41N5/c1-5-17-41(18-6-1)37-49-40-56-59(61(44-21-9-3-10-22-44)66-62(64-56)46-23-11-4-12-24-46)54-39-47(33-35-50(49)54)48-34-36-58-53(38-48)51-25-14-16-28-57(51)68(58)63-65-55-27-15-13-26-52(55)60(67-63)45-31-29-43(30-32-45)42-19-7-2-8-20-42/h1-36,38-40H,37H2. The molecule has 5 nitrogen and oxygen atoms in total. The van der Waals surface area contributed by atoms with E-state index in [0.29, 0.717) is 11.8 Å². The third kappa shape index (κ3) is 6.88. The maximum Gasteiger partial charge on any atom is 0.235 e. The normalized spacial score (nSPS) is 11.6. The lowest BCUT2D eigenvalue weighted by molar-refractivity contribution is 1.01. The Labute approximate surface area is 393 Å². The molecule has 0 spiro atoms. The largest absolute Gasteiger partial charge is 0.278 e. The van der Waals surface area contributed by atoms with E-state index in [1.165, 1.54) is 27.6 Å². The highest BCUT2D eigenvalue weighted by Crippen LogP contribution is 2.41. The van der Waals surface area contributed by atoms with Gasteiger partial charge in [-0.1, -0.05) is 200 Å². The summed E-state index contributed by atoms with van der Waals surface area (Å²) in [6, 6.07) is 83.6. The van der Waals surface area contributed by atoms with Crippen molar-refractivity contribution in [2.45, 2.75) is 6.42 Å². The van der Waals surface area contributed by atoms with Crippen LogP contribution in [0.2, 0.25) is 0 Å². The summed E-state index contributed by atoms with van der Waals surface area (Å²) >= 11 is 0. The summed E-state index contributed by atoms with van der Waals surface area (Å²) < 4.78 is 2.22. The van der Waals surface area contributed by atoms with Crippen LogP contribution in [0.4, 0.5) is 0 Å². The van der Waals surface area contributed by atoms with Crippen molar-refractivity contribution in [1.29, 1.82) is 0 Å². The molecular weight excluding hydrogens is 827 g/mol. The third-order valence-corrected chi connectivity index (χ3v) is 13.3. The maximum absolute atomic E-state index is 5.40. The van der Waals surface area contributed by atoms with Crippen molar-refractivity contribution in [3.05, 3.63) is 248 Å². The molecule has 0 atom stereocenters. The molecule has 0 saturated carbocycles. The van der Waals surface area contributed by atoms with Gasteiger partial charge in [-0.15, -0.1) is 0 Å². The van der Waals surface area contributed by atoms with Crippen molar-refractivity contribution < 1.29 is 0 Å². The van der Waals surface area contributed by atoms with E-state index in [4.69, 9.17) is 19.9 Å². The molecule has 0 unspecified atom stereocenters. The smallest absolute Gasteiger partial charge is 0.235 e. The van der Waals surface area contributed by atoms with E-state index in [2.05, 4.69) is 211 Å². The molecule has 0 fully saturated rings.